The number of aromatic amines is 1. The van der Waals surface area contributed by atoms with Gasteiger partial charge in [-0.1, -0.05) is 30.3 Å². The first kappa shape index (κ1) is 32.0. The Balaban J connectivity index is 1.80. The number of hydrogen-bond donors (Lipinski definition) is 9. The van der Waals surface area contributed by atoms with Crippen molar-refractivity contribution in [2.75, 3.05) is 5.75 Å². The first-order chi connectivity index (χ1) is 20.0. The number of aliphatic carboxylic acids is 2. The van der Waals surface area contributed by atoms with E-state index in [9.17, 15) is 39.3 Å². The predicted molar refractivity (Wildman–Crippen MR) is 156 cm³/mol. The topological polar surface area (TPSA) is 224 Å². The third-order valence-electron chi connectivity index (χ3n) is 6.54. The van der Waals surface area contributed by atoms with Crippen LogP contribution in [0.25, 0.3) is 10.9 Å². The van der Waals surface area contributed by atoms with Crippen LogP contribution in [0.15, 0.2) is 54.7 Å². The summed E-state index contributed by atoms with van der Waals surface area (Å²) < 4.78 is 0. The van der Waals surface area contributed by atoms with Gasteiger partial charge in [-0.3, -0.25) is 19.2 Å². The highest BCUT2D eigenvalue weighted by atomic mass is 32.1. The summed E-state index contributed by atoms with van der Waals surface area (Å²) in [5, 5.41) is 36.8. The van der Waals surface area contributed by atoms with Crippen LogP contribution >= 0.6 is 12.6 Å². The van der Waals surface area contributed by atoms with Gasteiger partial charge in [-0.25, -0.2) is 4.79 Å². The standard InChI is InChI=1S/C28H33N5O8S/c29-19(14-42)25(37)32-22(11-15-5-7-17(34)8-6-15)27(39)31-21(9-10-24(35)36)26(38)33-23(28(40)41)12-16-13-30-20-4-2-1-3-18(16)20/h1-8,13,19,21-23,30,34,42H,9-12,14,29H2,(H,31,39)(H,32,37)(H,33,38)(H,35,36)(H,40,41). The van der Waals surface area contributed by atoms with Crippen molar-refractivity contribution in [2.24, 2.45) is 5.73 Å². The minimum Gasteiger partial charge on any atom is -0.508 e. The first-order valence-electron chi connectivity index (χ1n) is 13.0. The molecule has 3 aromatic rings. The molecule has 1 heterocycles. The zero-order valence-electron chi connectivity index (χ0n) is 22.4. The van der Waals surface area contributed by atoms with Gasteiger partial charge in [-0.05, 0) is 35.7 Å². The Bertz CT molecular complexity index is 1430. The Morgan fingerprint density at radius 1 is 0.833 bits per heavy atom. The van der Waals surface area contributed by atoms with Crippen molar-refractivity contribution >= 4 is 53.2 Å². The van der Waals surface area contributed by atoms with E-state index in [1.807, 2.05) is 12.1 Å². The molecule has 2 aromatic carbocycles. The number of H-pyrrole nitrogens is 1. The van der Waals surface area contributed by atoms with E-state index in [4.69, 9.17) is 5.73 Å². The zero-order chi connectivity index (χ0) is 30.8. The molecule has 13 nitrogen and oxygen atoms in total. The molecule has 0 aliphatic carbocycles. The van der Waals surface area contributed by atoms with Gasteiger partial charge in [0.15, 0.2) is 0 Å². The first-order valence-corrected chi connectivity index (χ1v) is 13.7. The average molecular weight is 600 g/mol. The quantitative estimate of drug-likeness (QED) is 0.110. The summed E-state index contributed by atoms with van der Waals surface area (Å²) in [6.45, 7) is 0. The largest absolute Gasteiger partial charge is 0.508 e. The molecule has 4 unspecified atom stereocenters. The number of phenols is 1. The second kappa shape index (κ2) is 14.9. The summed E-state index contributed by atoms with van der Waals surface area (Å²) in [7, 11) is 0. The Hall–Kier alpha value is -4.56. The molecular weight excluding hydrogens is 566 g/mol. The Labute approximate surface area is 246 Å². The molecule has 4 atom stereocenters. The predicted octanol–water partition coefficient (Wildman–Crippen LogP) is 0.320. The molecule has 3 amide bonds. The highest BCUT2D eigenvalue weighted by Crippen LogP contribution is 2.19. The average Bonchev–Trinajstić information content (AvgIpc) is 3.37. The highest BCUT2D eigenvalue weighted by molar-refractivity contribution is 7.80. The molecule has 0 aliphatic heterocycles. The Morgan fingerprint density at radius 3 is 2.10 bits per heavy atom. The van der Waals surface area contributed by atoms with Gasteiger partial charge in [0.25, 0.3) is 0 Å². The van der Waals surface area contributed by atoms with E-state index in [-0.39, 0.29) is 30.8 Å². The number of nitrogens with two attached hydrogens (primary N) is 1. The molecule has 224 valence electrons. The monoisotopic (exact) mass is 599 g/mol. The SMILES string of the molecule is NC(CS)C(=O)NC(Cc1ccc(O)cc1)C(=O)NC(CCC(=O)O)C(=O)NC(Cc1c[nH]c2ccccc12)C(=O)O. The van der Waals surface area contributed by atoms with Crippen LogP contribution in [-0.4, -0.2) is 79.9 Å². The molecule has 0 saturated carbocycles. The molecule has 0 bridgehead atoms. The number of carboxylic acids is 2. The van der Waals surface area contributed by atoms with Gasteiger partial charge in [-0.2, -0.15) is 12.6 Å². The molecule has 3 rings (SSSR count). The van der Waals surface area contributed by atoms with Crippen LogP contribution in [-0.2, 0) is 36.8 Å². The van der Waals surface area contributed by atoms with Gasteiger partial charge in [0.1, 0.15) is 23.9 Å². The Kier molecular flexibility index (Phi) is 11.3. The zero-order valence-corrected chi connectivity index (χ0v) is 23.3. The van der Waals surface area contributed by atoms with Gasteiger partial charge in [-0.15, -0.1) is 0 Å². The van der Waals surface area contributed by atoms with Crippen LogP contribution in [0.3, 0.4) is 0 Å². The number of carbonyl (C=O) groups excluding carboxylic acids is 3. The van der Waals surface area contributed by atoms with E-state index >= 15 is 0 Å². The van der Waals surface area contributed by atoms with E-state index in [1.54, 1.807) is 18.3 Å². The van der Waals surface area contributed by atoms with Crippen molar-refractivity contribution in [1.82, 2.24) is 20.9 Å². The Morgan fingerprint density at radius 2 is 1.45 bits per heavy atom. The van der Waals surface area contributed by atoms with E-state index in [1.165, 1.54) is 24.3 Å². The number of phenolic OH excluding ortho intramolecular Hbond substituents is 1. The van der Waals surface area contributed by atoms with E-state index in [2.05, 4.69) is 33.6 Å². The second-order valence-electron chi connectivity index (χ2n) is 9.68. The lowest BCUT2D eigenvalue weighted by molar-refractivity contribution is -0.143. The van der Waals surface area contributed by atoms with Gasteiger partial charge < -0.3 is 42.0 Å². The molecule has 0 fully saturated rings. The lowest BCUT2D eigenvalue weighted by atomic mass is 10.0. The summed E-state index contributed by atoms with van der Waals surface area (Å²) >= 11 is 4.00. The summed E-state index contributed by atoms with van der Waals surface area (Å²) in [6, 6.07) is 8.02. The van der Waals surface area contributed by atoms with Crippen molar-refractivity contribution < 1.29 is 39.3 Å². The minimum absolute atomic E-state index is 0.00394. The normalized spacial score (nSPS) is 13.9. The number of hydrogen-bond acceptors (Lipinski definition) is 8. The van der Waals surface area contributed by atoms with E-state index < -0.39 is 60.2 Å². The van der Waals surface area contributed by atoms with Crippen LogP contribution in [0.1, 0.15) is 24.0 Å². The molecule has 1 aromatic heterocycles. The molecule has 14 heteroatoms. The molecule has 0 aliphatic rings. The number of nitrogens with one attached hydrogen (secondary N) is 4. The minimum atomic E-state index is -1.43. The number of carboxylic acid groups (broad SMARTS) is 2. The number of amides is 3. The lowest BCUT2D eigenvalue weighted by Crippen LogP contribution is -2.58. The van der Waals surface area contributed by atoms with Crippen molar-refractivity contribution in [3.63, 3.8) is 0 Å². The molecule has 9 N–H and O–H groups in total. The van der Waals surface area contributed by atoms with Gasteiger partial charge in [0.05, 0.1) is 6.04 Å². The smallest absolute Gasteiger partial charge is 0.326 e. The molecular formula is C28H33N5O8S. The summed E-state index contributed by atoms with van der Waals surface area (Å²) in [5.74, 6) is -4.97. The number of aromatic hydroxyl groups is 1. The number of benzene rings is 2. The summed E-state index contributed by atoms with van der Waals surface area (Å²) in [4.78, 5) is 65.5. The molecule has 42 heavy (non-hydrogen) atoms. The number of para-hydroxylation sites is 1. The number of fused-ring (bicyclic) bond motifs is 1. The maximum Gasteiger partial charge on any atom is 0.326 e. The maximum absolute atomic E-state index is 13.4. The van der Waals surface area contributed by atoms with Crippen LogP contribution < -0.4 is 21.7 Å². The molecule has 0 saturated heterocycles. The molecule has 0 radical (unpaired) electrons. The van der Waals surface area contributed by atoms with Crippen LogP contribution in [0, 0.1) is 0 Å². The van der Waals surface area contributed by atoms with Crippen molar-refractivity contribution in [3.05, 3.63) is 65.9 Å². The number of aromatic nitrogens is 1. The summed E-state index contributed by atoms with van der Waals surface area (Å²) in [6.07, 6.45) is 0.664. The highest BCUT2D eigenvalue weighted by Gasteiger charge is 2.31. The number of thiol groups is 1. The van der Waals surface area contributed by atoms with Crippen LogP contribution in [0.5, 0.6) is 5.75 Å². The fraction of sp³-hybridized carbons (Fsp3) is 0.321. The van der Waals surface area contributed by atoms with Gasteiger partial charge >= 0.3 is 11.9 Å². The fourth-order valence-corrected chi connectivity index (χ4v) is 4.41. The second-order valence-corrected chi connectivity index (χ2v) is 10.0. The van der Waals surface area contributed by atoms with Crippen molar-refractivity contribution in [3.8, 4) is 5.75 Å². The lowest BCUT2D eigenvalue weighted by Gasteiger charge is -2.25. The van der Waals surface area contributed by atoms with Gasteiger partial charge in [0, 0.05) is 42.1 Å². The third kappa shape index (κ3) is 8.97. The van der Waals surface area contributed by atoms with E-state index in [0.717, 1.165) is 10.9 Å². The van der Waals surface area contributed by atoms with Crippen molar-refractivity contribution in [1.29, 1.82) is 0 Å². The fourth-order valence-electron chi connectivity index (χ4n) is 4.24. The molecule has 0 spiro atoms. The third-order valence-corrected chi connectivity index (χ3v) is 6.93. The van der Waals surface area contributed by atoms with Crippen molar-refractivity contribution in [2.45, 2.75) is 49.9 Å². The van der Waals surface area contributed by atoms with Crippen LogP contribution in [0.2, 0.25) is 0 Å². The van der Waals surface area contributed by atoms with Crippen LogP contribution in [0.4, 0.5) is 0 Å². The van der Waals surface area contributed by atoms with E-state index in [0.29, 0.717) is 11.1 Å². The summed E-state index contributed by atoms with van der Waals surface area (Å²) in [5.41, 5.74) is 7.73. The maximum atomic E-state index is 13.4. The van der Waals surface area contributed by atoms with Gasteiger partial charge in [0.2, 0.25) is 17.7 Å². The number of carbonyl (C=O) groups is 5. The number of rotatable bonds is 15.